The summed E-state index contributed by atoms with van der Waals surface area (Å²) in [6.07, 6.45) is 5.81. The molecule has 1 aromatic heterocycles. The van der Waals surface area contributed by atoms with E-state index in [1.165, 1.54) is 0 Å². The van der Waals surface area contributed by atoms with Crippen LogP contribution in [0.2, 0.25) is 25.7 Å². The van der Waals surface area contributed by atoms with Crippen LogP contribution in [0.3, 0.4) is 0 Å². The van der Waals surface area contributed by atoms with Crippen molar-refractivity contribution in [3.63, 3.8) is 0 Å². The predicted molar refractivity (Wildman–Crippen MR) is 123 cm³/mol. The van der Waals surface area contributed by atoms with Gasteiger partial charge in [0.15, 0.2) is 0 Å². The van der Waals surface area contributed by atoms with Crippen molar-refractivity contribution in [3.05, 3.63) is 36.0 Å². The number of hydrogen-bond acceptors (Lipinski definition) is 5. The highest BCUT2D eigenvalue weighted by molar-refractivity contribution is 6.76. The first kappa shape index (κ1) is 23.2. The Morgan fingerprint density at radius 1 is 1.29 bits per heavy atom. The number of aromatic nitrogens is 2. The summed E-state index contributed by atoms with van der Waals surface area (Å²) in [6, 6.07) is 8.18. The van der Waals surface area contributed by atoms with E-state index >= 15 is 0 Å². The molecule has 0 unspecified atom stereocenters. The molecule has 2 bridgehead atoms. The highest BCUT2D eigenvalue weighted by atomic mass is 28.3. The number of fused-ring (bicyclic) bond motifs is 4. The fourth-order valence-electron chi connectivity index (χ4n) is 3.39. The Labute approximate surface area is 185 Å². The van der Waals surface area contributed by atoms with Crippen LogP contribution in [0, 0.1) is 0 Å². The highest BCUT2D eigenvalue weighted by Gasteiger charge is 2.21. The third-order valence-corrected chi connectivity index (χ3v) is 6.95. The van der Waals surface area contributed by atoms with E-state index in [0.717, 1.165) is 42.9 Å². The molecule has 31 heavy (non-hydrogen) atoms. The van der Waals surface area contributed by atoms with Gasteiger partial charge in [0.2, 0.25) is 0 Å². The monoisotopic (exact) mass is 443 g/mol. The number of rotatable bonds is 6. The summed E-state index contributed by atoms with van der Waals surface area (Å²) in [5.41, 5.74) is 1.77. The lowest BCUT2D eigenvalue weighted by atomic mass is 10.1. The molecule has 2 heterocycles. The van der Waals surface area contributed by atoms with Crippen LogP contribution < -0.4 is 10.1 Å². The Morgan fingerprint density at radius 3 is 2.90 bits per heavy atom. The molecule has 8 heteroatoms. The fourth-order valence-corrected chi connectivity index (χ4v) is 4.15. The van der Waals surface area contributed by atoms with Crippen LogP contribution in [0.4, 0.5) is 0 Å². The van der Waals surface area contributed by atoms with E-state index in [-0.39, 0.29) is 12.6 Å². The van der Waals surface area contributed by atoms with E-state index in [4.69, 9.17) is 9.47 Å². The minimum absolute atomic E-state index is 0.276. The largest absolute Gasteiger partial charge is 0.494 e. The van der Waals surface area contributed by atoms with Crippen LogP contribution in [0.5, 0.6) is 5.75 Å². The summed E-state index contributed by atoms with van der Waals surface area (Å²) < 4.78 is 13.3. The number of ether oxygens (including phenoxy) is 2. The summed E-state index contributed by atoms with van der Waals surface area (Å²) in [7, 11) is -1.18. The van der Waals surface area contributed by atoms with E-state index in [1.807, 2.05) is 24.3 Å². The van der Waals surface area contributed by atoms with Gasteiger partial charge in [-0.3, -0.25) is 4.79 Å². The smallest absolute Gasteiger partial charge is 0.255 e. The van der Waals surface area contributed by atoms with Gasteiger partial charge < -0.3 is 19.6 Å². The Hall–Kier alpha value is -2.45. The van der Waals surface area contributed by atoms with Gasteiger partial charge in [-0.2, -0.15) is 5.10 Å². The maximum Gasteiger partial charge on any atom is 0.255 e. The van der Waals surface area contributed by atoms with Crippen LogP contribution in [-0.2, 0) is 16.3 Å². The quantitative estimate of drug-likeness (QED) is 0.413. The van der Waals surface area contributed by atoms with Gasteiger partial charge in [0.05, 0.1) is 18.2 Å². The number of aldehydes is 1. The van der Waals surface area contributed by atoms with Crippen molar-refractivity contribution in [2.24, 2.45) is 0 Å². The normalized spacial score (nSPS) is 17.8. The lowest BCUT2D eigenvalue weighted by molar-refractivity contribution is -0.109. The summed E-state index contributed by atoms with van der Waals surface area (Å²) >= 11 is 0. The van der Waals surface area contributed by atoms with Gasteiger partial charge in [0, 0.05) is 26.4 Å². The second-order valence-corrected chi connectivity index (χ2v) is 14.8. The fraction of sp³-hybridized carbons (Fsp3) is 0.522. The number of benzene rings is 1. The standard InChI is InChI=1S/C23H33N3O4Si/c1-31(2,3)13-12-29-17-26-15-21-22(25-26)18-8-7-10-20(14-18)30-11-6-4-5-9-19(16-27)24-23(21)28/h7-8,10,14-16,19H,4-6,9,11-13,17H2,1-3H3,(H,24,28)/t19-/m0/s1. The summed E-state index contributed by atoms with van der Waals surface area (Å²) in [4.78, 5) is 24.5. The number of nitrogens with zero attached hydrogens (tertiary/aromatic N) is 2. The number of amides is 1. The van der Waals surface area contributed by atoms with E-state index in [2.05, 4.69) is 30.1 Å². The Morgan fingerprint density at radius 2 is 2.13 bits per heavy atom. The zero-order chi connectivity index (χ0) is 22.3. The number of hydrogen-bond donors (Lipinski definition) is 1. The average Bonchev–Trinajstić information content (AvgIpc) is 3.16. The molecule has 3 rings (SSSR count). The highest BCUT2D eigenvalue weighted by Crippen LogP contribution is 2.27. The van der Waals surface area contributed by atoms with Crippen LogP contribution in [-0.4, -0.2) is 49.3 Å². The van der Waals surface area contributed by atoms with Crippen molar-refractivity contribution in [1.82, 2.24) is 15.1 Å². The number of carbonyl (C=O) groups excluding carboxylic acids is 2. The molecule has 7 nitrogen and oxygen atoms in total. The summed E-state index contributed by atoms with van der Waals surface area (Å²) in [5, 5.41) is 7.49. The molecular weight excluding hydrogens is 410 g/mol. The molecule has 0 fully saturated rings. The molecule has 1 aliphatic rings. The van der Waals surface area contributed by atoms with Crippen LogP contribution in [0.1, 0.15) is 36.0 Å². The second-order valence-electron chi connectivity index (χ2n) is 9.22. The first-order valence-electron chi connectivity index (χ1n) is 11.0. The first-order valence-corrected chi connectivity index (χ1v) is 14.7. The van der Waals surface area contributed by atoms with Gasteiger partial charge in [0.25, 0.3) is 5.91 Å². The SMILES string of the molecule is C[Si](C)(C)CCOCn1cc2c(n1)-c1cccc(c1)OCCCCC[C@@H](C=O)NC2=O. The van der Waals surface area contributed by atoms with Crippen molar-refractivity contribution in [2.75, 3.05) is 13.2 Å². The number of nitrogens with one attached hydrogen (secondary N) is 1. The maximum absolute atomic E-state index is 13.0. The van der Waals surface area contributed by atoms with Gasteiger partial charge in [-0.05, 0) is 37.4 Å². The van der Waals surface area contributed by atoms with E-state index in [9.17, 15) is 9.59 Å². The predicted octanol–water partition coefficient (Wildman–Crippen LogP) is 4.11. The molecule has 2 aromatic rings. The lowest BCUT2D eigenvalue weighted by Gasteiger charge is -2.15. The summed E-state index contributed by atoms with van der Waals surface area (Å²) in [6.45, 7) is 8.48. The summed E-state index contributed by atoms with van der Waals surface area (Å²) in [5.74, 6) is 0.455. The second kappa shape index (κ2) is 10.7. The molecule has 1 amide bonds. The molecule has 0 saturated carbocycles. The van der Waals surface area contributed by atoms with Crippen molar-refractivity contribution < 1.29 is 19.1 Å². The van der Waals surface area contributed by atoms with Crippen molar-refractivity contribution in [2.45, 2.75) is 64.1 Å². The van der Waals surface area contributed by atoms with Crippen molar-refractivity contribution in [1.29, 1.82) is 0 Å². The van der Waals surface area contributed by atoms with Gasteiger partial charge in [0.1, 0.15) is 24.5 Å². The van der Waals surface area contributed by atoms with Crippen molar-refractivity contribution in [3.8, 4) is 17.0 Å². The van der Waals surface area contributed by atoms with Crippen LogP contribution >= 0.6 is 0 Å². The van der Waals surface area contributed by atoms with Crippen LogP contribution in [0.25, 0.3) is 11.3 Å². The van der Waals surface area contributed by atoms with Crippen LogP contribution in [0.15, 0.2) is 30.5 Å². The lowest BCUT2D eigenvalue weighted by Crippen LogP contribution is -2.36. The topological polar surface area (TPSA) is 82.4 Å². The molecule has 0 spiro atoms. The molecule has 1 aromatic carbocycles. The van der Waals surface area contributed by atoms with Crippen molar-refractivity contribution >= 4 is 20.3 Å². The Bertz CT molecular complexity index is 891. The maximum atomic E-state index is 13.0. The zero-order valence-electron chi connectivity index (χ0n) is 18.7. The van der Waals surface area contributed by atoms with Gasteiger partial charge in [-0.1, -0.05) is 38.2 Å². The first-order chi connectivity index (χ1) is 14.9. The van der Waals surface area contributed by atoms with E-state index in [0.29, 0.717) is 30.9 Å². The molecule has 0 aliphatic carbocycles. The van der Waals surface area contributed by atoms with E-state index in [1.54, 1.807) is 10.9 Å². The number of carbonyl (C=O) groups is 2. The average molecular weight is 444 g/mol. The molecule has 1 aliphatic heterocycles. The van der Waals surface area contributed by atoms with Gasteiger partial charge in [-0.15, -0.1) is 0 Å². The zero-order valence-corrected chi connectivity index (χ0v) is 19.7. The Balaban J connectivity index is 1.87. The molecule has 0 saturated heterocycles. The molecule has 0 radical (unpaired) electrons. The molecule has 168 valence electrons. The Kier molecular flexibility index (Phi) is 8.03. The molecule has 1 N–H and O–H groups in total. The molecular formula is C23H33N3O4Si. The third-order valence-electron chi connectivity index (χ3n) is 5.24. The third kappa shape index (κ3) is 7.04. The van der Waals surface area contributed by atoms with Gasteiger partial charge in [-0.25, -0.2) is 4.68 Å². The molecule has 1 atom stereocenters. The minimum atomic E-state index is -1.18. The van der Waals surface area contributed by atoms with Gasteiger partial charge >= 0.3 is 0 Å². The van der Waals surface area contributed by atoms with E-state index < -0.39 is 14.1 Å². The minimum Gasteiger partial charge on any atom is -0.494 e.